The summed E-state index contributed by atoms with van der Waals surface area (Å²) in [6, 6.07) is 133. The van der Waals surface area contributed by atoms with Gasteiger partial charge >= 0.3 is 0 Å². The van der Waals surface area contributed by atoms with Crippen molar-refractivity contribution in [2.45, 2.75) is 0 Å². The third-order valence-electron chi connectivity index (χ3n) is 19.5. The molecule has 0 unspecified atom stereocenters. The maximum atomic E-state index is 5.03. The number of aromatic nitrogens is 7. The Balaban J connectivity index is 0.000000158. The van der Waals surface area contributed by atoms with Crippen LogP contribution in [0.25, 0.3) is 179 Å². The summed E-state index contributed by atoms with van der Waals surface area (Å²) >= 11 is 0. The van der Waals surface area contributed by atoms with Crippen molar-refractivity contribution in [2.24, 2.45) is 0 Å². The smallest absolute Gasteiger partial charge is 0.164 e. The van der Waals surface area contributed by atoms with Crippen LogP contribution in [0.2, 0.25) is 0 Å². The molecule has 0 aliphatic rings. The zero-order valence-electron chi connectivity index (χ0n) is 59.0. The highest BCUT2D eigenvalue weighted by Crippen LogP contribution is 2.41. The van der Waals surface area contributed by atoms with Gasteiger partial charge in [0.05, 0.1) is 5.69 Å². The molecule has 5 heterocycles. The van der Waals surface area contributed by atoms with Gasteiger partial charge in [-0.1, -0.05) is 255 Å². The second-order valence-electron chi connectivity index (χ2n) is 26.6. The molecular formula is C101H69N7. The van der Waals surface area contributed by atoms with Crippen LogP contribution in [0.3, 0.4) is 0 Å². The lowest BCUT2D eigenvalue weighted by Crippen LogP contribution is -2.00. The highest BCUT2D eigenvalue weighted by molar-refractivity contribution is 5.89. The number of benzene rings is 13. The summed E-state index contributed by atoms with van der Waals surface area (Å²) in [6.45, 7) is 0. The van der Waals surface area contributed by atoms with E-state index in [0.717, 1.165) is 94.7 Å². The van der Waals surface area contributed by atoms with Crippen LogP contribution in [-0.2, 0) is 0 Å². The van der Waals surface area contributed by atoms with Gasteiger partial charge in [-0.3, -0.25) is 19.9 Å². The van der Waals surface area contributed by atoms with Gasteiger partial charge < -0.3 is 0 Å². The first kappa shape index (κ1) is 66.7. The fourth-order valence-electron chi connectivity index (χ4n) is 13.9. The molecule has 0 amide bonds. The monoisotopic (exact) mass is 1380 g/mol. The van der Waals surface area contributed by atoms with E-state index in [-0.39, 0.29) is 0 Å². The molecule has 0 atom stereocenters. The first-order valence-electron chi connectivity index (χ1n) is 36.2. The van der Waals surface area contributed by atoms with E-state index in [1.165, 1.54) is 66.8 Å². The van der Waals surface area contributed by atoms with Crippen LogP contribution in [0.4, 0.5) is 0 Å². The molecule has 508 valence electrons. The van der Waals surface area contributed by atoms with Crippen molar-refractivity contribution in [3.63, 3.8) is 0 Å². The number of rotatable bonds is 16. The Kier molecular flexibility index (Phi) is 19.3. The Morgan fingerprint density at radius 3 is 0.731 bits per heavy atom. The first-order chi connectivity index (χ1) is 53.5. The molecule has 7 heteroatoms. The molecule has 18 rings (SSSR count). The zero-order valence-corrected chi connectivity index (χ0v) is 59.0. The van der Waals surface area contributed by atoms with Gasteiger partial charge in [0.2, 0.25) is 0 Å². The van der Waals surface area contributed by atoms with E-state index in [2.05, 4.69) is 336 Å². The predicted octanol–water partition coefficient (Wildman–Crippen LogP) is 25.8. The maximum Gasteiger partial charge on any atom is 0.164 e. The molecule has 18 aromatic rings. The molecule has 0 saturated heterocycles. The standard InChI is InChI=1S/C52H36N2.C49H33N5/c1-3-12-37(13-4-1)39-22-24-40(25-23-39)41-16-9-17-42(28-41)43-18-10-19-44(29-43)47-30-46(38-14-5-2-6-15-38)31-49(32-47)50-33-48(45-20-11-26-53-36-45)34-51(35-50)52-21-7-8-27-54-52;1-3-9-34(10-4-1)36-17-19-37(20-18-36)40-13-7-14-41(29-40)42-15-8-16-43(30-42)45-31-44(35-11-5-2-6-12-35)32-46(33-45)49-53-47(38-21-25-50-26-22-38)52-48(54-49)39-23-27-51-28-24-39/h1-36H;1-33H. The van der Waals surface area contributed by atoms with Crippen molar-refractivity contribution in [2.75, 3.05) is 0 Å². The van der Waals surface area contributed by atoms with Crippen LogP contribution in [0, 0.1) is 0 Å². The second-order valence-corrected chi connectivity index (χ2v) is 26.6. The van der Waals surface area contributed by atoms with E-state index >= 15 is 0 Å². The molecule has 0 N–H and O–H groups in total. The maximum absolute atomic E-state index is 5.03. The summed E-state index contributed by atoms with van der Waals surface area (Å²) < 4.78 is 0. The summed E-state index contributed by atoms with van der Waals surface area (Å²) in [5.41, 5.74) is 32.4. The van der Waals surface area contributed by atoms with Crippen molar-refractivity contribution < 1.29 is 0 Å². The molecule has 5 aromatic heterocycles. The molecule has 0 aliphatic carbocycles. The van der Waals surface area contributed by atoms with E-state index < -0.39 is 0 Å². The van der Waals surface area contributed by atoms with Gasteiger partial charge in [0, 0.05) is 71.2 Å². The molecule has 0 bridgehead atoms. The van der Waals surface area contributed by atoms with Crippen molar-refractivity contribution >= 4 is 0 Å². The van der Waals surface area contributed by atoms with Gasteiger partial charge in [-0.2, -0.15) is 0 Å². The highest BCUT2D eigenvalue weighted by Gasteiger charge is 2.18. The fraction of sp³-hybridized carbons (Fsp3) is 0. The van der Waals surface area contributed by atoms with Gasteiger partial charge in [-0.05, 0) is 249 Å². The highest BCUT2D eigenvalue weighted by atomic mass is 15.0. The Morgan fingerprint density at radius 2 is 0.380 bits per heavy atom. The third-order valence-corrected chi connectivity index (χ3v) is 19.5. The van der Waals surface area contributed by atoms with E-state index in [0.29, 0.717) is 17.5 Å². The predicted molar refractivity (Wildman–Crippen MR) is 444 cm³/mol. The molecule has 0 aliphatic heterocycles. The van der Waals surface area contributed by atoms with Gasteiger partial charge in [-0.15, -0.1) is 0 Å². The molecule has 7 nitrogen and oxygen atoms in total. The molecule has 0 saturated carbocycles. The van der Waals surface area contributed by atoms with Crippen LogP contribution in [0.15, 0.2) is 419 Å². The minimum atomic E-state index is 0.581. The number of hydrogen-bond acceptors (Lipinski definition) is 7. The summed E-state index contributed by atoms with van der Waals surface area (Å²) in [4.78, 5) is 32.5. The quantitative estimate of drug-likeness (QED) is 0.0952. The van der Waals surface area contributed by atoms with Crippen molar-refractivity contribution in [1.29, 1.82) is 0 Å². The largest absolute Gasteiger partial charge is 0.265 e. The summed E-state index contributed by atoms with van der Waals surface area (Å²) in [5.74, 6) is 1.75. The molecule has 0 radical (unpaired) electrons. The lowest BCUT2D eigenvalue weighted by atomic mass is 9.90. The van der Waals surface area contributed by atoms with Crippen molar-refractivity contribution in [3.05, 3.63) is 419 Å². The van der Waals surface area contributed by atoms with Crippen LogP contribution >= 0.6 is 0 Å². The fourth-order valence-corrected chi connectivity index (χ4v) is 13.9. The average molecular weight is 1380 g/mol. The van der Waals surface area contributed by atoms with Crippen molar-refractivity contribution in [1.82, 2.24) is 34.9 Å². The van der Waals surface area contributed by atoms with Gasteiger partial charge in [-0.25, -0.2) is 15.0 Å². The van der Waals surface area contributed by atoms with Crippen LogP contribution in [0.5, 0.6) is 0 Å². The first-order valence-corrected chi connectivity index (χ1v) is 36.2. The number of nitrogens with zero attached hydrogens (tertiary/aromatic N) is 7. The topological polar surface area (TPSA) is 90.2 Å². The normalized spacial score (nSPS) is 11.0. The van der Waals surface area contributed by atoms with Crippen LogP contribution < -0.4 is 0 Å². The Hall–Kier alpha value is -14.5. The van der Waals surface area contributed by atoms with E-state index in [4.69, 9.17) is 19.9 Å². The molecule has 0 fully saturated rings. The Labute approximate surface area is 629 Å². The Morgan fingerprint density at radius 1 is 0.130 bits per heavy atom. The summed E-state index contributed by atoms with van der Waals surface area (Å²) in [5, 5.41) is 0. The zero-order chi connectivity index (χ0) is 72.2. The minimum absolute atomic E-state index is 0.581. The number of pyridine rings is 4. The number of hydrogen-bond donors (Lipinski definition) is 0. The average Bonchev–Trinajstić information content (AvgIpc) is 0.783. The van der Waals surface area contributed by atoms with E-state index in [9.17, 15) is 0 Å². The molecule has 0 spiro atoms. The lowest BCUT2D eigenvalue weighted by molar-refractivity contribution is 1.07. The van der Waals surface area contributed by atoms with E-state index in [1.807, 2.05) is 73.2 Å². The molecule has 13 aromatic carbocycles. The molecule has 108 heavy (non-hydrogen) atoms. The van der Waals surface area contributed by atoms with Gasteiger partial charge in [0.25, 0.3) is 0 Å². The summed E-state index contributed by atoms with van der Waals surface area (Å²) in [6.07, 6.45) is 12.6. The second kappa shape index (κ2) is 31.2. The van der Waals surface area contributed by atoms with Gasteiger partial charge in [0.1, 0.15) is 0 Å². The minimum Gasteiger partial charge on any atom is -0.265 e. The van der Waals surface area contributed by atoms with Gasteiger partial charge in [0.15, 0.2) is 17.5 Å². The Bertz CT molecular complexity index is 5610. The van der Waals surface area contributed by atoms with E-state index in [1.54, 1.807) is 24.8 Å². The summed E-state index contributed by atoms with van der Waals surface area (Å²) in [7, 11) is 0. The van der Waals surface area contributed by atoms with Crippen LogP contribution in [-0.4, -0.2) is 34.9 Å². The van der Waals surface area contributed by atoms with Crippen molar-refractivity contribution in [3.8, 4) is 179 Å². The van der Waals surface area contributed by atoms with Crippen LogP contribution in [0.1, 0.15) is 0 Å². The lowest BCUT2D eigenvalue weighted by Gasteiger charge is -2.15. The third kappa shape index (κ3) is 15.3. The molecular weight excluding hydrogens is 1310 g/mol. The SMILES string of the molecule is c1ccc(-c2ccc(-c3cccc(-c4cccc(-c5cc(-c6ccccc6)cc(-c6cc(-c7cccnc7)cc(-c7ccccn7)c6)c5)c4)c3)cc2)cc1.c1ccc(-c2ccc(-c3cccc(-c4cccc(-c5cc(-c6ccccc6)cc(-c6nc(-c7ccncc7)nc(-c7ccncc7)n6)c5)c4)c3)cc2)cc1.